The van der Waals surface area contributed by atoms with Gasteiger partial charge in [0, 0.05) is 12.3 Å². The summed E-state index contributed by atoms with van der Waals surface area (Å²) in [6.45, 7) is 0. The van der Waals surface area contributed by atoms with Gasteiger partial charge in [-0.2, -0.15) is 0 Å². The number of Topliss-reactive ketones (excluding diaryl/α,β-unsaturated/α-hetero) is 1. The van der Waals surface area contributed by atoms with Crippen LogP contribution in [0.1, 0.15) is 38.5 Å². The molecule has 1 saturated carbocycles. The highest BCUT2D eigenvalue weighted by Gasteiger charge is 2.29. The number of hydrogen-bond acceptors (Lipinski definition) is 1. The first-order chi connectivity index (χ1) is 5.88. The van der Waals surface area contributed by atoms with Gasteiger partial charge in [0.1, 0.15) is 5.78 Å². The zero-order valence-electron chi connectivity index (χ0n) is 7.46. The summed E-state index contributed by atoms with van der Waals surface area (Å²) in [5.74, 6) is 1.51. The van der Waals surface area contributed by atoms with Crippen molar-refractivity contribution < 1.29 is 4.79 Å². The van der Waals surface area contributed by atoms with Gasteiger partial charge < -0.3 is 0 Å². The van der Waals surface area contributed by atoms with E-state index in [1.807, 2.05) is 0 Å². The average molecular weight is 164 g/mol. The van der Waals surface area contributed by atoms with Crippen molar-refractivity contribution in [1.29, 1.82) is 0 Å². The van der Waals surface area contributed by atoms with Gasteiger partial charge in [-0.1, -0.05) is 18.6 Å². The molecule has 0 amide bonds. The fourth-order valence-electron chi connectivity index (χ4n) is 2.46. The molecule has 1 fully saturated rings. The van der Waals surface area contributed by atoms with Gasteiger partial charge in [0.25, 0.3) is 0 Å². The molecule has 2 aliphatic rings. The molecule has 0 heterocycles. The third kappa shape index (κ3) is 1.45. The van der Waals surface area contributed by atoms with Gasteiger partial charge in [0.05, 0.1) is 0 Å². The van der Waals surface area contributed by atoms with Crippen LogP contribution in [0.25, 0.3) is 0 Å². The van der Waals surface area contributed by atoms with Crippen LogP contribution in [0.3, 0.4) is 0 Å². The highest BCUT2D eigenvalue weighted by Crippen LogP contribution is 2.33. The summed E-state index contributed by atoms with van der Waals surface area (Å²) in [4.78, 5) is 11.6. The van der Waals surface area contributed by atoms with Crippen LogP contribution in [-0.2, 0) is 4.79 Å². The van der Waals surface area contributed by atoms with E-state index >= 15 is 0 Å². The van der Waals surface area contributed by atoms with Crippen LogP contribution in [-0.4, -0.2) is 5.78 Å². The Morgan fingerprint density at radius 2 is 2.17 bits per heavy atom. The number of allylic oxidation sites excluding steroid dienone is 2. The zero-order chi connectivity index (χ0) is 8.39. The first-order valence-corrected chi connectivity index (χ1v) is 5.07. The summed E-state index contributed by atoms with van der Waals surface area (Å²) in [7, 11) is 0. The van der Waals surface area contributed by atoms with Crippen molar-refractivity contribution in [2.75, 3.05) is 0 Å². The van der Waals surface area contributed by atoms with Crippen molar-refractivity contribution in [3.05, 3.63) is 12.2 Å². The molecule has 0 aromatic carbocycles. The van der Waals surface area contributed by atoms with E-state index in [-0.39, 0.29) is 0 Å². The number of ketones is 1. The summed E-state index contributed by atoms with van der Waals surface area (Å²) < 4.78 is 0. The molecule has 2 atom stereocenters. The Labute approximate surface area is 73.8 Å². The van der Waals surface area contributed by atoms with E-state index in [4.69, 9.17) is 0 Å². The van der Waals surface area contributed by atoms with Crippen LogP contribution in [0, 0.1) is 11.8 Å². The van der Waals surface area contributed by atoms with Gasteiger partial charge in [-0.3, -0.25) is 4.79 Å². The average Bonchev–Trinajstić information content (AvgIpc) is 2.29. The van der Waals surface area contributed by atoms with Gasteiger partial charge in [-0.25, -0.2) is 0 Å². The molecule has 2 rings (SSSR count). The summed E-state index contributed by atoms with van der Waals surface area (Å²) in [5, 5.41) is 0. The first kappa shape index (κ1) is 8.03. The van der Waals surface area contributed by atoms with Crippen molar-refractivity contribution in [1.82, 2.24) is 0 Å². The largest absolute Gasteiger partial charge is 0.299 e. The molecular weight excluding hydrogens is 148 g/mol. The Balaban J connectivity index is 2.14. The summed E-state index contributed by atoms with van der Waals surface area (Å²) >= 11 is 0. The van der Waals surface area contributed by atoms with Crippen molar-refractivity contribution in [2.45, 2.75) is 38.5 Å². The van der Waals surface area contributed by atoms with Gasteiger partial charge in [-0.15, -0.1) is 0 Å². The number of carbonyl (C=O) groups is 1. The Bertz CT molecular complexity index is 205. The van der Waals surface area contributed by atoms with E-state index in [2.05, 4.69) is 12.2 Å². The third-order valence-corrected chi connectivity index (χ3v) is 3.17. The van der Waals surface area contributed by atoms with E-state index in [0.717, 1.165) is 25.7 Å². The van der Waals surface area contributed by atoms with Gasteiger partial charge in [0.15, 0.2) is 0 Å². The van der Waals surface area contributed by atoms with Crippen molar-refractivity contribution in [2.24, 2.45) is 11.8 Å². The van der Waals surface area contributed by atoms with Gasteiger partial charge in [0.2, 0.25) is 0 Å². The fraction of sp³-hybridized carbons (Fsp3) is 0.727. The molecular formula is C11H16O. The molecule has 0 spiro atoms. The van der Waals surface area contributed by atoms with Crippen molar-refractivity contribution in [3.63, 3.8) is 0 Å². The lowest BCUT2D eigenvalue weighted by Crippen LogP contribution is -2.22. The van der Waals surface area contributed by atoms with Gasteiger partial charge in [-0.05, 0) is 31.6 Å². The second-order valence-electron chi connectivity index (χ2n) is 3.99. The number of carbonyl (C=O) groups excluding carboxylic acids is 1. The van der Waals surface area contributed by atoms with E-state index < -0.39 is 0 Å². The Morgan fingerprint density at radius 1 is 1.25 bits per heavy atom. The number of rotatable bonds is 0. The van der Waals surface area contributed by atoms with Crippen molar-refractivity contribution in [3.8, 4) is 0 Å². The highest BCUT2D eigenvalue weighted by molar-refractivity contribution is 5.81. The van der Waals surface area contributed by atoms with Crippen LogP contribution in [0.15, 0.2) is 12.2 Å². The molecule has 1 nitrogen and oxygen atoms in total. The number of fused-ring (bicyclic) bond motifs is 1. The molecule has 0 N–H and O–H groups in total. The topological polar surface area (TPSA) is 17.1 Å². The lowest BCUT2D eigenvalue weighted by molar-refractivity contribution is -0.123. The molecule has 0 aliphatic heterocycles. The predicted molar refractivity (Wildman–Crippen MR) is 48.8 cm³/mol. The predicted octanol–water partition coefficient (Wildman–Crippen LogP) is 2.71. The molecule has 0 aromatic rings. The zero-order valence-corrected chi connectivity index (χ0v) is 7.46. The van der Waals surface area contributed by atoms with E-state index in [1.54, 1.807) is 0 Å². The maximum Gasteiger partial charge on any atom is 0.136 e. The minimum Gasteiger partial charge on any atom is -0.299 e. The molecule has 0 radical (unpaired) electrons. The van der Waals surface area contributed by atoms with Crippen LogP contribution in [0.4, 0.5) is 0 Å². The lowest BCUT2D eigenvalue weighted by atomic mass is 9.80. The second kappa shape index (κ2) is 3.42. The third-order valence-electron chi connectivity index (χ3n) is 3.17. The second-order valence-corrected chi connectivity index (χ2v) is 3.99. The molecule has 0 saturated heterocycles. The quantitative estimate of drug-likeness (QED) is 0.503. The molecule has 1 heteroatoms. The Hall–Kier alpha value is -0.590. The monoisotopic (exact) mass is 164 g/mol. The maximum absolute atomic E-state index is 11.6. The van der Waals surface area contributed by atoms with Gasteiger partial charge >= 0.3 is 0 Å². The van der Waals surface area contributed by atoms with Crippen LogP contribution < -0.4 is 0 Å². The first-order valence-electron chi connectivity index (χ1n) is 5.07. The molecule has 66 valence electrons. The maximum atomic E-state index is 11.6. The molecule has 2 aliphatic carbocycles. The standard InChI is InChI=1S/C11H16O/c12-11-8-4-2-6-9-5-1-3-7-10(9)11/h1,5,9-10H,2-4,6-8H2/t9-,10+/m0/s1. The van der Waals surface area contributed by atoms with E-state index in [0.29, 0.717) is 17.6 Å². The SMILES string of the molecule is O=C1CCCC[C@@H]2C=CCC[C@@H]12. The normalized spacial score (nSPS) is 35.8. The molecule has 0 unspecified atom stereocenters. The van der Waals surface area contributed by atoms with E-state index in [9.17, 15) is 4.79 Å². The minimum atomic E-state index is 0.387. The molecule has 0 aromatic heterocycles. The van der Waals surface area contributed by atoms with Crippen LogP contribution in [0.2, 0.25) is 0 Å². The Kier molecular flexibility index (Phi) is 2.29. The Morgan fingerprint density at radius 3 is 3.08 bits per heavy atom. The summed E-state index contributed by atoms with van der Waals surface area (Å²) in [5.41, 5.74) is 0. The lowest BCUT2D eigenvalue weighted by Gasteiger charge is -2.23. The van der Waals surface area contributed by atoms with Crippen LogP contribution in [0.5, 0.6) is 0 Å². The van der Waals surface area contributed by atoms with E-state index in [1.165, 1.54) is 12.8 Å². The summed E-state index contributed by atoms with van der Waals surface area (Å²) in [6.07, 6.45) is 11.2. The fourth-order valence-corrected chi connectivity index (χ4v) is 2.46. The van der Waals surface area contributed by atoms with Crippen LogP contribution >= 0.6 is 0 Å². The molecule has 12 heavy (non-hydrogen) atoms. The minimum absolute atomic E-state index is 0.387. The molecule has 0 bridgehead atoms. The number of hydrogen-bond donors (Lipinski definition) is 0. The highest BCUT2D eigenvalue weighted by atomic mass is 16.1. The summed E-state index contributed by atoms with van der Waals surface area (Å²) in [6, 6.07) is 0. The smallest absolute Gasteiger partial charge is 0.136 e. The van der Waals surface area contributed by atoms with Crippen molar-refractivity contribution >= 4 is 5.78 Å².